The second kappa shape index (κ2) is 7.54. The molecule has 2 aromatic heterocycles. The molecule has 26 heavy (non-hydrogen) atoms. The van der Waals surface area contributed by atoms with E-state index in [9.17, 15) is 0 Å². The van der Waals surface area contributed by atoms with Crippen LogP contribution in [0.3, 0.4) is 0 Å². The van der Waals surface area contributed by atoms with Crippen molar-refractivity contribution < 1.29 is 4.74 Å². The molecule has 4 rings (SSSR count). The lowest BCUT2D eigenvalue weighted by Gasteiger charge is -2.05. The summed E-state index contributed by atoms with van der Waals surface area (Å²) in [5, 5.41) is 4.32. The van der Waals surface area contributed by atoms with Crippen molar-refractivity contribution in [3.8, 4) is 16.9 Å². The van der Waals surface area contributed by atoms with Gasteiger partial charge in [0.25, 0.3) is 0 Å². The van der Waals surface area contributed by atoms with Crippen LogP contribution in [-0.2, 0) is 6.42 Å². The lowest BCUT2D eigenvalue weighted by atomic mass is 10.1. The van der Waals surface area contributed by atoms with Gasteiger partial charge in [0.1, 0.15) is 11.3 Å². The molecule has 0 aliphatic rings. The van der Waals surface area contributed by atoms with E-state index in [4.69, 9.17) is 9.72 Å². The molecule has 0 spiro atoms. The zero-order valence-corrected chi connectivity index (χ0v) is 15.3. The van der Waals surface area contributed by atoms with Crippen molar-refractivity contribution in [2.24, 2.45) is 0 Å². The van der Waals surface area contributed by atoms with Gasteiger partial charge in [-0.1, -0.05) is 47.7 Å². The van der Waals surface area contributed by atoms with Crippen molar-refractivity contribution in [1.29, 1.82) is 0 Å². The molecular formula is C21H19N3OS. The average Bonchev–Trinajstić information content (AvgIpc) is 3.13. The van der Waals surface area contributed by atoms with Gasteiger partial charge in [0.2, 0.25) is 0 Å². The first-order chi connectivity index (χ1) is 12.8. The first-order valence-electron chi connectivity index (χ1n) is 8.52. The Morgan fingerprint density at radius 1 is 1.00 bits per heavy atom. The fourth-order valence-electron chi connectivity index (χ4n) is 2.91. The molecule has 4 nitrogen and oxygen atoms in total. The van der Waals surface area contributed by atoms with Crippen LogP contribution in [0.5, 0.6) is 5.75 Å². The van der Waals surface area contributed by atoms with Crippen LogP contribution in [0.25, 0.3) is 21.3 Å². The molecule has 0 fully saturated rings. The first-order valence-corrected chi connectivity index (χ1v) is 9.33. The zero-order valence-electron chi connectivity index (χ0n) is 14.5. The van der Waals surface area contributed by atoms with E-state index in [-0.39, 0.29) is 0 Å². The lowest BCUT2D eigenvalue weighted by Crippen LogP contribution is -2.05. The summed E-state index contributed by atoms with van der Waals surface area (Å²) >= 11 is 1.66. The highest BCUT2D eigenvalue weighted by Gasteiger charge is 2.14. The van der Waals surface area contributed by atoms with Gasteiger partial charge in [-0.25, -0.2) is 4.98 Å². The lowest BCUT2D eigenvalue weighted by molar-refractivity contribution is 0.419. The number of nitrogens with zero attached hydrogens (tertiary/aromatic N) is 2. The average molecular weight is 361 g/mol. The van der Waals surface area contributed by atoms with Gasteiger partial charge in [0.15, 0.2) is 5.13 Å². The number of aromatic nitrogens is 2. The zero-order chi connectivity index (χ0) is 17.8. The summed E-state index contributed by atoms with van der Waals surface area (Å²) in [5.41, 5.74) is 4.34. The van der Waals surface area contributed by atoms with E-state index >= 15 is 0 Å². The third kappa shape index (κ3) is 3.39. The fourth-order valence-corrected chi connectivity index (χ4v) is 3.96. The van der Waals surface area contributed by atoms with Gasteiger partial charge in [0.05, 0.1) is 11.8 Å². The third-order valence-corrected chi connectivity index (χ3v) is 5.24. The van der Waals surface area contributed by atoms with Crippen LogP contribution in [0.4, 0.5) is 5.13 Å². The molecule has 2 aromatic carbocycles. The van der Waals surface area contributed by atoms with E-state index in [0.29, 0.717) is 0 Å². The van der Waals surface area contributed by atoms with Gasteiger partial charge >= 0.3 is 0 Å². The highest BCUT2D eigenvalue weighted by atomic mass is 32.1. The maximum atomic E-state index is 5.51. The molecule has 0 radical (unpaired) electrons. The van der Waals surface area contributed by atoms with Gasteiger partial charge in [-0.2, -0.15) is 0 Å². The monoisotopic (exact) mass is 361 g/mol. The van der Waals surface area contributed by atoms with Crippen LogP contribution in [0.15, 0.2) is 66.9 Å². The molecule has 0 amide bonds. The van der Waals surface area contributed by atoms with Gasteiger partial charge in [-0.3, -0.25) is 4.98 Å². The molecule has 130 valence electrons. The first kappa shape index (κ1) is 16.5. The summed E-state index contributed by atoms with van der Waals surface area (Å²) in [6.45, 7) is 0.791. The predicted molar refractivity (Wildman–Crippen MR) is 108 cm³/mol. The molecule has 0 unspecified atom stereocenters. The summed E-state index contributed by atoms with van der Waals surface area (Å²) in [5.74, 6) is 0.800. The quantitative estimate of drug-likeness (QED) is 0.524. The minimum absolute atomic E-state index is 0.791. The second-order valence-corrected chi connectivity index (χ2v) is 6.88. The topological polar surface area (TPSA) is 47.0 Å². The Kier molecular flexibility index (Phi) is 4.80. The van der Waals surface area contributed by atoms with E-state index < -0.39 is 0 Å². The van der Waals surface area contributed by atoms with Gasteiger partial charge in [0, 0.05) is 30.4 Å². The number of hydrogen-bond donors (Lipinski definition) is 1. The van der Waals surface area contributed by atoms with E-state index in [1.165, 1.54) is 11.1 Å². The minimum atomic E-state index is 0.791. The number of nitrogens with one attached hydrogen (secondary N) is 1. The van der Waals surface area contributed by atoms with Crippen molar-refractivity contribution in [2.45, 2.75) is 6.42 Å². The van der Waals surface area contributed by atoms with Gasteiger partial charge < -0.3 is 10.1 Å². The van der Waals surface area contributed by atoms with Crippen LogP contribution in [0.1, 0.15) is 5.69 Å². The van der Waals surface area contributed by atoms with E-state index in [1.807, 2.05) is 36.5 Å². The van der Waals surface area contributed by atoms with Crippen LogP contribution >= 0.6 is 11.3 Å². The molecular weight excluding hydrogens is 342 g/mol. The Morgan fingerprint density at radius 2 is 1.85 bits per heavy atom. The Balaban J connectivity index is 1.62. The molecule has 2 heterocycles. The minimum Gasteiger partial charge on any atom is -0.494 e. The molecule has 0 saturated heterocycles. The number of hydrogen-bond acceptors (Lipinski definition) is 5. The summed E-state index contributed by atoms with van der Waals surface area (Å²) in [6, 6.07) is 20.5. The predicted octanol–water partition coefficient (Wildman–Crippen LogP) is 5.02. The molecule has 0 aliphatic heterocycles. The number of pyridine rings is 1. The molecule has 4 aromatic rings. The number of methoxy groups -OCH3 is 1. The molecule has 0 saturated carbocycles. The molecule has 1 N–H and O–H groups in total. The van der Waals surface area contributed by atoms with Gasteiger partial charge in [-0.15, -0.1) is 0 Å². The summed E-state index contributed by atoms with van der Waals surface area (Å²) in [6.07, 6.45) is 2.68. The van der Waals surface area contributed by atoms with Crippen LogP contribution in [-0.4, -0.2) is 23.6 Å². The van der Waals surface area contributed by atoms with Crippen LogP contribution < -0.4 is 10.1 Å². The second-order valence-electron chi connectivity index (χ2n) is 5.88. The van der Waals surface area contributed by atoms with Crippen molar-refractivity contribution in [3.63, 3.8) is 0 Å². The highest BCUT2D eigenvalue weighted by Crippen LogP contribution is 2.39. The standard InChI is InChI=1S/C21H19N3OS/c1-25-18-11-10-17(15-7-3-2-4-8-15)20-19(18)24-21(26-20)23-14-12-16-9-5-6-13-22-16/h2-11,13H,12,14H2,1H3,(H,23,24). The largest absolute Gasteiger partial charge is 0.494 e. The van der Waals surface area contributed by atoms with Crippen LogP contribution in [0.2, 0.25) is 0 Å². The Morgan fingerprint density at radius 3 is 2.62 bits per heavy atom. The maximum absolute atomic E-state index is 5.51. The van der Waals surface area contributed by atoms with Gasteiger partial charge in [-0.05, 0) is 29.8 Å². The van der Waals surface area contributed by atoms with E-state index in [2.05, 4.69) is 40.6 Å². The maximum Gasteiger partial charge on any atom is 0.183 e. The molecule has 5 heteroatoms. The molecule has 0 bridgehead atoms. The van der Waals surface area contributed by atoms with Crippen molar-refractivity contribution in [2.75, 3.05) is 19.0 Å². The fraction of sp³-hybridized carbons (Fsp3) is 0.143. The Labute approximate surface area is 156 Å². The number of thiazole rings is 1. The molecule has 0 atom stereocenters. The van der Waals surface area contributed by atoms with E-state index in [0.717, 1.165) is 39.8 Å². The van der Waals surface area contributed by atoms with E-state index in [1.54, 1.807) is 18.4 Å². The Bertz CT molecular complexity index is 1000. The number of benzene rings is 2. The number of rotatable bonds is 6. The van der Waals surface area contributed by atoms with Crippen molar-refractivity contribution in [1.82, 2.24) is 9.97 Å². The number of fused-ring (bicyclic) bond motifs is 1. The van der Waals surface area contributed by atoms with Crippen molar-refractivity contribution in [3.05, 3.63) is 72.6 Å². The SMILES string of the molecule is COc1ccc(-c2ccccc2)c2sc(NCCc3ccccn3)nc12. The third-order valence-electron chi connectivity index (χ3n) is 4.19. The highest BCUT2D eigenvalue weighted by molar-refractivity contribution is 7.22. The smallest absolute Gasteiger partial charge is 0.183 e. The number of ether oxygens (including phenoxy) is 1. The van der Waals surface area contributed by atoms with Crippen LogP contribution in [0, 0.1) is 0 Å². The Hall–Kier alpha value is -2.92. The summed E-state index contributed by atoms with van der Waals surface area (Å²) < 4.78 is 6.65. The number of anilines is 1. The molecule has 0 aliphatic carbocycles. The summed E-state index contributed by atoms with van der Waals surface area (Å²) in [7, 11) is 1.69. The summed E-state index contributed by atoms with van der Waals surface area (Å²) in [4.78, 5) is 9.12. The normalized spacial score (nSPS) is 10.8. The van der Waals surface area contributed by atoms with Crippen molar-refractivity contribution >= 4 is 26.7 Å².